The lowest BCUT2D eigenvalue weighted by atomic mass is 9.66. The highest BCUT2D eigenvalue weighted by Crippen LogP contribution is 2.44. The summed E-state index contributed by atoms with van der Waals surface area (Å²) in [5.41, 5.74) is 0. The van der Waals surface area contributed by atoms with Crippen LogP contribution in [0.25, 0.3) is 0 Å². The van der Waals surface area contributed by atoms with Crippen LogP contribution in [0.3, 0.4) is 0 Å². The van der Waals surface area contributed by atoms with Crippen LogP contribution in [0.1, 0.15) is 12.8 Å². The van der Waals surface area contributed by atoms with Gasteiger partial charge in [-0.15, -0.1) is 0 Å². The van der Waals surface area contributed by atoms with Gasteiger partial charge in [-0.3, -0.25) is 4.98 Å². The molecule has 4 heterocycles. The molecule has 3 aliphatic heterocycles. The summed E-state index contributed by atoms with van der Waals surface area (Å²) in [6, 6.07) is 1.87. The number of ether oxygens (including phenoxy) is 1. The quantitative estimate of drug-likeness (QED) is 0.821. The molecule has 0 radical (unpaired) electrons. The number of piperidine rings is 3. The zero-order valence-electron chi connectivity index (χ0n) is 10.3. The number of aromatic nitrogens is 1. The smallest absolute Gasteiger partial charge is 0.139 e. The minimum absolute atomic E-state index is 0.373. The Morgan fingerprint density at radius 3 is 2.61 bits per heavy atom. The molecule has 1 aromatic rings. The Kier molecular flexibility index (Phi) is 2.52. The average Bonchev–Trinajstić information content (AvgIpc) is 2.33. The molecule has 5 rings (SSSR count). The molecule has 96 valence electrons. The Labute approximate surface area is 112 Å². The van der Waals surface area contributed by atoms with E-state index in [1.807, 2.05) is 6.07 Å². The number of halogens is 1. The van der Waals surface area contributed by atoms with Crippen LogP contribution in [0.2, 0.25) is 5.02 Å². The van der Waals surface area contributed by atoms with Gasteiger partial charge in [-0.2, -0.15) is 0 Å². The number of hydrogen-bond donors (Lipinski definition) is 0. The minimum atomic E-state index is 0.373. The molecule has 0 aromatic carbocycles. The van der Waals surface area contributed by atoms with Crippen LogP contribution in [0, 0.1) is 17.8 Å². The van der Waals surface area contributed by atoms with Crippen molar-refractivity contribution in [2.24, 2.45) is 17.8 Å². The fourth-order valence-corrected chi connectivity index (χ4v) is 4.33. The molecule has 0 amide bonds. The normalized spacial score (nSPS) is 41.1. The third kappa shape index (κ3) is 1.81. The van der Waals surface area contributed by atoms with Crippen LogP contribution in [-0.4, -0.2) is 35.6 Å². The summed E-state index contributed by atoms with van der Waals surface area (Å²) in [6.45, 7) is 3.75. The van der Waals surface area contributed by atoms with E-state index in [4.69, 9.17) is 16.3 Å². The fourth-order valence-electron chi connectivity index (χ4n) is 4.17. The van der Waals surface area contributed by atoms with Crippen LogP contribution < -0.4 is 4.74 Å². The second kappa shape index (κ2) is 4.10. The van der Waals surface area contributed by atoms with Crippen molar-refractivity contribution in [2.45, 2.75) is 18.9 Å². The topological polar surface area (TPSA) is 25.4 Å². The summed E-state index contributed by atoms with van der Waals surface area (Å²) in [5.74, 6) is 3.15. The molecule has 4 fully saturated rings. The van der Waals surface area contributed by atoms with Gasteiger partial charge in [-0.1, -0.05) is 11.6 Å². The van der Waals surface area contributed by atoms with E-state index in [1.54, 1.807) is 12.4 Å². The monoisotopic (exact) mass is 264 g/mol. The lowest BCUT2D eigenvalue weighted by Crippen LogP contribution is -2.61. The Hall–Kier alpha value is -0.800. The first-order valence-electron chi connectivity index (χ1n) is 6.77. The second-order valence-corrected chi connectivity index (χ2v) is 6.43. The number of nitrogens with zero attached hydrogens (tertiary/aromatic N) is 2. The molecular formula is C14H17ClN2O. The molecule has 4 heteroatoms. The largest absolute Gasteiger partial charge is 0.488 e. The lowest BCUT2D eigenvalue weighted by molar-refractivity contribution is -0.0985. The van der Waals surface area contributed by atoms with Gasteiger partial charge in [0.1, 0.15) is 11.9 Å². The van der Waals surface area contributed by atoms with E-state index < -0.39 is 0 Å². The van der Waals surface area contributed by atoms with Crippen LogP contribution in [-0.2, 0) is 0 Å². The van der Waals surface area contributed by atoms with Gasteiger partial charge in [0.2, 0.25) is 0 Å². The van der Waals surface area contributed by atoms with Crippen molar-refractivity contribution in [3.05, 3.63) is 23.5 Å². The summed E-state index contributed by atoms with van der Waals surface area (Å²) in [4.78, 5) is 6.71. The predicted molar refractivity (Wildman–Crippen MR) is 69.8 cm³/mol. The van der Waals surface area contributed by atoms with Crippen LogP contribution >= 0.6 is 11.6 Å². The molecule has 1 aliphatic carbocycles. The Morgan fingerprint density at radius 2 is 1.94 bits per heavy atom. The van der Waals surface area contributed by atoms with E-state index in [-0.39, 0.29) is 0 Å². The molecule has 2 atom stereocenters. The fraction of sp³-hybridized carbons (Fsp3) is 0.643. The molecule has 1 saturated carbocycles. The van der Waals surface area contributed by atoms with Crippen molar-refractivity contribution in [3.63, 3.8) is 0 Å². The first-order chi connectivity index (χ1) is 8.78. The molecule has 18 heavy (non-hydrogen) atoms. The van der Waals surface area contributed by atoms with Gasteiger partial charge in [-0.05, 0) is 18.8 Å². The summed E-state index contributed by atoms with van der Waals surface area (Å²) >= 11 is 5.96. The molecule has 1 aromatic heterocycles. The highest BCUT2D eigenvalue weighted by Gasteiger charge is 2.48. The maximum absolute atomic E-state index is 6.20. The van der Waals surface area contributed by atoms with E-state index in [0.717, 1.165) is 11.7 Å². The molecule has 3 nitrogen and oxygen atoms in total. The highest BCUT2D eigenvalue weighted by atomic mass is 35.5. The first-order valence-corrected chi connectivity index (χ1v) is 7.15. The van der Waals surface area contributed by atoms with Gasteiger partial charge in [0, 0.05) is 43.7 Å². The van der Waals surface area contributed by atoms with Gasteiger partial charge in [0.25, 0.3) is 0 Å². The SMILES string of the molecule is Clc1cncc(OC2C3CC4CC2CN(C4)C3)c1. The van der Waals surface area contributed by atoms with Gasteiger partial charge in [0.05, 0.1) is 11.2 Å². The van der Waals surface area contributed by atoms with Gasteiger partial charge in [0.15, 0.2) is 0 Å². The minimum Gasteiger partial charge on any atom is -0.488 e. The van der Waals surface area contributed by atoms with E-state index >= 15 is 0 Å². The van der Waals surface area contributed by atoms with Crippen molar-refractivity contribution >= 4 is 11.6 Å². The van der Waals surface area contributed by atoms with Crippen LogP contribution in [0.15, 0.2) is 18.5 Å². The third-order valence-corrected chi connectivity index (χ3v) is 4.86. The summed E-state index contributed by atoms with van der Waals surface area (Å²) < 4.78 is 6.20. The zero-order valence-corrected chi connectivity index (χ0v) is 11.0. The zero-order chi connectivity index (χ0) is 12.1. The first kappa shape index (κ1) is 11.1. The van der Waals surface area contributed by atoms with Gasteiger partial charge in [-0.25, -0.2) is 0 Å². The molecule has 0 N–H and O–H groups in total. The van der Waals surface area contributed by atoms with E-state index in [9.17, 15) is 0 Å². The Balaban J connectivity index is 1.55. The van der Waals surface area contributed by atoms with E-state index in [1.165, 1.54) is 32.5 Å². The van der Waals surface area contributed by atoms with Crippen molar-refractivity contribution < 1.29 is 4.74 Å². The van der Waals surface area contributed by atoms with Crippen molar-refractivity contribution in [1.29, 1.82) is 0 Å². The van der Waals surface area contributed by atoms with Crippen LogP contribution in [0.4, 0.5) is 0 Å². The number of pyridine rings is 1. The highest BCUT2D eigenvalue weighted by molar-refractivity contribution is 6.30. The summed E-state index contributed by atoms with van der Waals surface area (Å²) in [6.07, 6.45) is 6.48. The molecule has 4 aliphatic rings. The summed E-state index contributed by atoms with van der Waals surface area (Å²) in [7, 11) is 0. The van der Waals surface area contributed by atoms with E-state index in [0.29, 0.717) is 23.0 Å². The third-order valence-electron chi connectivity index (χ3n) is 4.66. The van der Waals surface area contributed by atoms with Crippen molar-refractivity contribution in [1.82, 2.24) is 9.88 Å². The molecule has 4 bridgehead atoms. The Bertz CT molecular complexity index is 437. The van der Waals surface area contributed by atoms with Crippen molar-refractivity contribution in [2.75, 3.05) is 19.6 Å². The molecule has 3 saturated heterocycles. The number of hydrogen-bond acceptors (Lipinski definition) is 3. The standard InChI is InChI=1S/C14H17ClN2O/c15-12-3-13(5-16-4-12)18-14-10-1-9-2-11(14)8-17(6-9)7-10/h3-5,9-11,14H,1-2,6-8H2. The number of rotatable bonds is 2. The maximum atomic E-state index is 6.20. The van der Waals surface area contributed by atoms with Crippen LogP contribution in [0.5, 0.6) is 5.75 Å². The maximum Gasteiger partial charge on any atom is 0.139 e. The van der Waals surface area contributed by atoms with Gasteiger partial charge < -0.3 is 9.64 Å². The predicted octanol–water partition coefficient (Wildman–Crippen LogP) is 2.45. The van der Waals surface area contributed by atoms with Crippen molar-refractivity contribution in [3.8, 4) is 5.75 Å². The Morgan fingerprint density at radius 1 is 1.17 bits per heavy atom. The van der Waals surface area contributed by atoms with Gasteiger partial charge >= 0.3 is 0 Å². The molecule has 2 unspecified atom stereocenters. The molecular weight excluding hydrogens is 248 g/mol. The summed E-state index contributed by atoms with van der Waals surface area (Å²) in [5, 5.41) is 0.653. The average molecular weight is 265 g/mol. The second-order valence-electron chi connectivity index (χ2n) is 6.00. The van der Waals surface area contributed by atoms with E-state index in [2.05, 4.69) is 9.88 Å². The molecule has 0 spiro atoms. The lowest BCUT2D eigenvalue weighted by Gasteiger charge is -2.55.